The van der Waals surface area contributed by atoms with Crippen molar-refractivity contribution >= 4 is 12.2 Å². The Hall–Kier alpha value is -5.08. The van der Waals surface area contributed by atoms with Crippen LogP contribution in [0.4, 0.5) is 4.39 Å². The van der Waals surface area contributed by atoms with Crippen molar-refractivity contribution in [2.75, 3.05) is 13.6 Å². The van der Waals surface area contributed by atoms with E-state index in [0.29, 0.717) is 19.6 Å². The van der Waals surface area contributed by atoms with Crippen LogP contribution in [0.15, 0.2) is 91.0 Å². The highest BCUT2D eigenvalue weighted by atomic mass is 19.1. The van der Waals surface area contributed by atoms with E-state index in [1.54, 1.807) is 12.1 Å². The first kappa shape index (κ1) is 29.6. The lowest BCUT2D eigenvalue weighted by Crippen LogP contribution is -2.24. The van der Waals surface area contributed by atoms with Gasteiger partial charge in [-0.05, 0) is 65.6 Å². The molecule has 0 aliphatic carbocycles. The molecule has 0 N–H and O–H groups in total. The van der Waals surface area contributed by atoms with Crippen molar-refractivity contribution in [1.29, 1.82) is 0 Å². The highest BCUT2D eigenvalue weighted by Crippen LogP contribution is 2.35. The first-order valence-electron chi connectivity index (χ1n) is 15.7. The molecule has 0 unspecified atom stereocenters. The number of halogens is 1. The number of fused-ring (bicyclic) bond motifs is 2. The van der Waals surface area contributed by atoms with E-state index in [0.717, 1.165) is 81.9 Å². The maximum atomic E-state index is 13.6. The van der Waals surface area contributed by atoms with Crippen LogP contribution in [-0.2, 0) is 26.2 Å². The lowest BCUT2D eigenvalue weighted by molar-refractivity contribution is 0.173. The molecule has 0 saturated carbocycles. The molecule has 2 aliphatic rings. The van der Waals surface area contributed by atoms with E-state index in [2.05, 4.69) is 58.9 Å². The van der Waals surface area contributed by atoms with Gasteiger partial charge in [0.1, 0.15) is 11.6 Å². The van der Waals surface area contributed by atoms with E-state index in [4.69, 9.17) is 23.9 Å². The Morgan fingerprint density at radius 3 is 2.00 bits per heavy atom. The summed E-state index contributed by atoms with van der Waals surface area (Å²) < 4.78 is 38.6. The second-order valence-electron chi connectivity index (χ2n) is 11.5. The topological polar surface area (TPSA) is 58.0 Å². The average molecular weight is 618 g/mol. The van der Waals surface area contributed by atoms with Gasteiger partial charge in [0.2, 0.25) is 13.6 Å². The monoisotopic (exact) mass is 617 g/mol. The van der Waals surface area contributed by atoms with Crippen LogP contribution in [0.25, 0.3) is 23.5 Å². The summed E-state index contributed by atoms with van der Waals surface area (Å²) >= 11 is 0. The summed E-state index contributed by atoms with van der Waals surface area (Å²) in [4.78, 5) is 7.65. The zero-order chi connectivity index (χ0) is 31.3. The van der Waals surface area contributed by atoms with Crippen LogP contribution in [-0.4, -0.2) is 28.0 Å². The molecule has 7 nitrogen and oxygen atoms in total. The van der Waals surface area contributed by atoms with Gasteiger partial charge in [0.15, 0.2) is 23.0 Å². The number of ether oxygens (including phenoxy) is 4. The molecule has 0 radical (unpaired) electrons. The third-order valence-corrected chi connectivity index (χ3v) is 8.23. The van der Waals surface area contributed by atoms with Gasteiger partial charge in [0, 0.05) is 31.7 Å². The molecule has 0 bridgehead atoms. The van der Waals surface area contributed by atoms with Crippen LogP contribution in [0.2, 0.25) is 0 Å². The molecule has 0 saturated heterocycles. The Morgan fingerprint density at radius 2 is 1.37 bits per heavy atom. The zero-order valence-corrected chi connectivity index (χ0v) is 25.8. The van der Waals surface area contributed by atoms with Crippen molar-refractivity contribution < 1.29 is 23.3 Å². The maximum absolute atomic E-state index is 13.6. The van der Waals surface area contributed by atoms with Gasteiger partial charge in [0.25, 0.3) is 0 Å². The summed E-state index contributed by atoms with van der Waals surface area (Å²) in [6.45, 7) is 5.51. The number of hydrogen-bond acceptors (Lipinski definition) is 6. The second kappa shape index (κ2) is 13.5. The quantitative estimate of drug-likeness (QED) is 0.140. The standard InChI is InChI=1S/C38H36FN3O4/c1-2-3-19-42-33(32(16-11-27-9-14-31(39)15-10-27)40-38(42)30-7-5-4-6-8-30)24-41(22-28-12-17-34-36(20-28)45-25-43-34)23-29-13-18-35-37(21-29)46-26-44-35/h4-18,20-21H,2-3,19,22-26H2,1H3. The van der Waals surface area contributed by atoms with Gasteiger partial charge in [0.05, 0.1) is 11.4 Å². The molecule has 5 aromatic rings. The van der Waals surface area contributed by atoms with Crippen molar-refractivity contribution in [1.82, 2.24) is 14.5 Å². The molecular weight excluding hydrogens is 581 g/mol. The Bertz CT molecular complexity index is 1780. The molecule has 234 valence electrons. The van der Waals surface area contributed by atoms with Gasteiger partial charge in [-0.3, -0.25) is 4.90 Å². The predicted octanol–water partition coefficient (Wildman–Crippen LogP) is 8.32. The molecule has 4 aromatic carbocycles. The van der Waals surface area contributed by atoms with Gasteiger partial charge >= 0.3 is 0 Å². The van der Waals surface area contributed by atoms with Crippen LogP contribution >= 0.6 is 0 Å². The van der Waals surface area contributed by atoms with Crippen LogP contribution in [0.3, 0.4) is 0 Å². The van der Waals surface area contributed by atoms with Crippen molar-refractivity contribution in [3.8, 4) is 34.4 Å². The number of imidazole rings is 1. The fourth-order valence-corrected chi connectivity index (χ4v) is 5.89. The molecule has 2 aliphatic heterocycles. The van der Waals surface area contributed by atoms with E-state index in [-0.39, 0.29) is 19.4 Å². The summed E-state index contributed by atoms with van der Waals surface area (Å²) in [7, 11) is 0. The van der Waals surface area contributed by atoms with Crippen molar-refractivity contribution in [2.24, 2.45) is 0 Å². The third kappa shape index (κ3) is 6.62. The Kier molecular flexibility index (Phi) is 8.69. The lowest BCUT2D eigenvalue weighted by Gasteiger charge is -2.24. The fourth-order valence-electron chi connectivity index (χ4n) is 5.89. The minimum atomic E-state index is -0.254. The smallest absolute Gasteiger partial charge is 0.231 e. The van der Waals surface area contributed by atoms with Gasteiger partial charge in [-0.1, -0.05) is 74.0 Å². The van der Waals surface area contributed by atoms with E-state index >= 15 is 0 Å². The number of benzene rings is 4. The molecule has 0 amide bonds. The highest BCUT2D eigenvalue weighted by Gasteiger charge is 2.22. The van der Waals surface area contributed by atoms with Gasteiger partial charge in [-0.25, -0.2) is 9.37 Å². The lowest BCUT2D eigenvalue weighted by atomic mass is 10.1. The van der Waals surface area contributed by atoms with Crippen molar-refractivity contribution in [3.05, 3.63) is 125 Å². The highest BCUT2D eigenvalue weighted by molar-refractivity contribution is 5.71. The number of nitrogens with zero attached hydrogens (tertiary/aromatic N) is 3. The predicted molar refractivity (Wildman–Crippen MR) is 176 cm³/mol. The SMILES string of the molecule is CCCCn1c(-c2ccccc2)nc(C=Cc2ccc(F)cc2)c1CN(Cc1ccc2c(c1)OCO2)Cc1ccc2c(c1)OCO2. The first-order valence-corrected chi connectivity index (χ1v) is 15.7. The Morgan fingerprint density at radius 1 is 0.739 bits per heavy atom. The third-order valence-electron chi connectivity index (χ3n) is 8.23. The molecule has 0 atom stereocenters. The fraction of sp³-hybridized carbons (Fsp3) is 0.237. The van der Waals surface area contributed by atoms with Gasteiger partial charge in [-0.2, -0.15) is 0 Å². The molecule has 0 spiro atoms. The van der Waals surface area contributed by atoms with E-state index in [9.17, 15) is 4.39 Å². The second-order valence-corrected chi connectivity index (χ2v) is 11.5. The Labute approximate surface area is 268 Å². The molecule has 46 heavy (non-hydrogen) atoms. The number of unbranched alkanes of at least 4 members (excludes halogenated alkanes) is 1. The number of hydrogen-bond donors (Lipinski definition) is 0. The number of rotatable bonds is 12. The summed E-state index contributed by atoms with van der Waals surface area (Å²) in [5, 5.41) is 0. The summed E-state index contributed by atoms with van der Waals surface area (Å²) in [5.41, 5.74) is 6.23. The molecule has 1 aromatic heterocycles. The molecular formula is C38H36FN3O4. The Balaban J connectivity index is 1.29. The van der Waals surface area contributed by atoms with E-state index in [1.807, 2.05) is 36.4 Å². The largest absolute Gasteiger partial charge is 0.454 e. The average Bonchev–Trinajstić information content (AvgIpc) is 3.82. The minimum absolute atomic E-state index is 0.238. The zero-order valence-electron chi connectivity index (χ0n) is 25.8. The maximum Gasteiger partial charge on any atom is 0.231 e. The van der Waals surface area contributed by atoms with Crippen LogP contribution < -0.4 is 18.9 Å². The molecule has 8 heteroatoms. The van der Waals surface area contributed by atoms with Gasteiger partial charge < -0.3 is 23.5 Å². The number of aromatic nitrogens is 2. The summed E-state index contributed by atoms with van der Waals surface area (Å²) in [6.07, 6.45) is 6.14. The van der Waals surface area contributed by atoms with Crippen molar-refractivity contribution in [3.63, 3.8) is 0 Å². The summed E-state index contributed by atoms with van der Waals surface area (Å²) in [5.74, 6) is 3.75. The van der Waals surface area contributed by atoms with Crippen LogP contribution in [0.5, 0.6) is 23.0 Å². The van der Waals surface area contributed by atoms with E-state index < -0.39 is 0 Å². The minimum Gasteiger partial charge on any atom is -0.454 e. The van der Waals surface area contributed by atoms with Gasteiger partial charge in [-0.15, -0.1) is 0 Å². The normalized spacial score (nSPS) is 13.3. The van der Waals surface area contributed by atoms with E-state index in [1.165, 1.54) is 12.1 Å². The first-order chi connectivity index (χ1) is 22.6. The molecule has 0 fully saturated rings. The van der Waals surface area contributed by atoms with Crippen LogP contribution in [0, 0.1) is 5.82 Å². The summed E-state index contributed by atoms with van der Waals surface area (Å²) in [6, 6.07) is 29.1. The van der Waals surface area contributed by atoms with Crippen molar-refractivity contribution in [2.45, 2.75) is 45.9 Å². The van der Waals surface area contributed by atoms with Crippen LogP contribution in [0.1, 0.15) is 47.8 Å². The molecule has 7 rings (SSSR count). The molecule has 3 heterocycles.